The maximum atomic E-state index is 11.1. The van der Waals surface area contributed by atoms with Crippen molar-refractivity contribution < 1.29 is 9.53 Å². The van der Waals surface area contributed by atoms with Crippen molar-refractivity contribution in [1.29, 1.82) is 0 Å². The molecule has 2 unspecified atom stereocenters. The Morgan fingerprint density at radius 3 is 3.05 bits per heavy atom. The minimum absolute atomic E-state index is 0.405. The topological polar surface area (TPSA) is 64.3 Å². The molecule has 0 fully saturated rings. The highest BCUT2D eigenvalue weighted by molar-refractivity contribution is 5.78. The summed E-state index contributed by atoms with van der Waals surface area (Å²) in [6, 6.07) is 6.44. The third kappa shape index (κ3) is 3.07. The monoisotopic (exact) mass is 262 g/mol. The normalized spacial score (nSPS) is 18.9. The van der Waals surface area contributed by atoms with Gasteiger partial charge in [0.15, 0.2) is 6.10 Å². The van der Waals surface area contributed by atoms with Crippen LogP contribution in [0.1, 0.15) is 43.9 Å². The highest BCUT2D eigenvalue weighted by Gasteiger charge is 2.25. The van der Waals surface area contributed by atoms with Gasteiger partial charge in [-0.3, -0.25) is 4.79 Å². The van der Waals surface area contributed by atoms with Crippen LogP contribution in [0.4, 0.5) is 0 Å². The van der Waals surface area contributed by atoms with E-state index < -0.39 is 12.0 Å². The van der Waals surface area contributed by atoms with Crippen LogP contribution < -0.4 is 15.8 Å². The van der Waals surface area contributed by atoms with Gasteiger partial charge in [-0.25, -0.2) is 0 Å². The summed E-state index contributed by atoms with van der Waals surface area (Å²) in [7, 11) is 0. The van der Waals surface area contributed by atoms with E-state index in [9.17, 15) is 4.79 Å². The summed E-state index contributed by atoms with van der Waals surface area (Å²) in [5, 5.41) is 3.54. The van der Waals surface area contributed by atoms with Gasteiger partial charge in [-0.15, -0.1) is 0 Å². The number of hydrogen-bond acceptors (Lipinski definition) is 3. The number of fused-ring (bicyclic) bond motifs is 1. The van der Waals surface area contributed by atoms with Crippen molar-refractivity contribution in [3.8, 4) is 5.75 Å². The first-order valence-electron chi connectivity index (χ1n) is 6.94. The first kappa shape index (κ1) is 13.9. The molecule has 0 aromatic heterocycles. The molecule has 2 atom stereocenters. The van der Waals surface area contributed by atoms with Crippen molar-refractivity contribution in [2.75, 3.05) is 6.54 Å². The molecule has 1 amide bonds. The van der Waals surface area contributed by atoms with Crippen LogP contribution in [0, 0.1) is 0 Å². The molecule has 1 aromatic carbocycles. The average Bonchev–Trinajstić information content (AvgIpc) is 2.80. The number of benzene rings is 1. The SMILES string of the molecule is CCCNC1CCc2c(OC(C)C(N)=O)cccc21. The summed E-state index contributed by atoms with van der Waals surface area (Å²) < 4.78 is 5.67. The lowest BCUT2D eigenvalue weighted by molar-refractivity contribution is -0.124. The van der Waals surface area contributed by atoms with E-state index in [1.54, 1.807) is 6.92 Å². The predicted molar refractivity (Wildman–Crippen MR) is 75.1 cm³/mol. The molecule has 0 spiro atoms. The number of ether oxygens (including phenoxy) is 1. The first-order chi connectivity index (χ1) is 9.13. The van der Waals surface area contributed by atoms with E-state index >= 15 is 0 Å². The minimum atomic E-state index is -0.589. The van der Waals surface area contributed by atoms with Crippen molar-refractivity contribution in [1.82, 2.24) is 5.32 Å². The van der Waals surface area contributed by atoms with Crippen molar-refractivity contribution in [3.05, 3.63) is 29.3 Å². The summed E-state index contributed by atoms with van der Waals surface area (Å²) in [6.45, 7) is 4.87. The van der Waals surface area contributed by atoms with E-state index in [1.807, 2.05) is 12.1 Å². The highest BCUT2D eigenvalue weighted by atomic mass is 16.5. The summed E-state index contributed by atoms with van der Waals surface area (Å²) in [5.74, 6) is 0.362. The lowest BCUT2D eigenvalue weighted by atomic mass is 10.1. The van der Waals surface area contributed by atoms with Gasteiger partial charge >= 0.3 is 0 Å². The Bertz CT molecular complexity index is 459. The summed E-state index contributed by atoms with van der Waals surface area (Å²) in [6.07, 6.45) is 2.61. The number of nitrogens with two attached hydrogens (primary N) is 1. The Balaban J connectivity index is 2.16. The smallest absolute Gasteiger partial charge is 0.258 e. The van der Waals surface area contributed by atoms with Gasteiger partial charge in [-0.05, 0) is 49.9 Å². The van der Waals surface area contributed by atoms with Crippen LogP contribution in [0.15, 0.2) is 18.2 Å². The molecule has 0 aliphatic heterocycles. The Morgan fingerprint density at radius 1 is 1.58 bits per heavy atom. The largest absolute Gasteiger partial charge is 0.481 e. The third-order valence-corrected chi connectivity index (χ3v) is 3.57. The van der Waals surface area contributed by atoms with Crippen LogP contribution >= 0.6 is 0 Å². The second-order valence-corrected chi connectivity index (χ2v) is 5.03. The highest BCUT2D eigenvalue weighted by Crippen LogP contribution is 2.37. The lowest BCUT2D eigenvalue weighted by Gasteiger charge is -2.16. The van der Waals surface area contributed by atoms with E-state index in [-0.39, 0.29) is 0 Å². The molecule has 3 N–H and O–H groups in total. The summed E-state index contributed by atoms with van der Waals surface area (Å²) in [4.78, 5) is 11.1. The summed E-state index contributed by atoms with van der Waals surface area (Å²) >= 11 is 0. The van der Waals surface area contributed by atoms with Crippen LogP contribution in [0.3, 0.4) is 0 Å². The molecule has 0 saturated heterocycles. The molecular formula is C15H22N2O2. The van der Waals surface area contributed by atoms with Gasteiger partial charge in [0.25, 0.3) is 5.91 Å². The Morgan fingerprint density at radius 2 is 2.37 bits per heavy atom. The number of primary amides is 1. The van der Waals surface area contributed by atoms with Crippen LogP contribution in [-0.4, -0.2) is 18.6 Å². The van der Waals surface area contributed by atoms with Crippen molar-refractivity contribution in [2.24, 2.45) is 5.73 Å². The van der Waals surface area contributed by atoms with Crippen molar-refractivity contribution in [2.45, 2.75) is 45.3 Å². The Hall–Kier alpha value is -1.55. The molecule has 1 aliphatic carbocycles. The molecule has 1 aromatic rings. The number of amides is 1. The zero-order chi connectivity index (χ0) is 13.8. The quantitative estimate of drug-likeness (QED) is 0.823. The molecule has 1 aliphatic rings. The molecule has 0 radical (unpaired) electrons. The van der Waals surface area contributed by atoms with E-state index in [2.05, 4.69) is 18.3 Å². The number of carbonyl (C=O) groups excluding carboxylic acids is 1. The van der Waals surface area contributed by atoms with Gasteiger partial charge in [0.1, 0.15) is 5.75 Å². The van der Waals surface area contributed by atoms with Crippen molar-refractivity contribution >= 4 is 5.91 Å². The molecule has 0 bridgehead atoms. The van der Waals surface area contributed by atoms with E-state index in [4.69, 9.17) is 10.5 Å². The van der Waals surface area contributed by atoms with Gasteiger partial charge in [0.2, 0.25) is 0 Å². The number of carbonyl (C=O) groups is 1. The van der Waals surface area contributed by atoms with Crippen molar-refractivity contribution in [3.63, 3.8) is 0 Å². The fourth-order valence-corrected chi connectivity index (χ4v) is 2.51. The molecular weight excluding hydrogens is 240 g/mol. The maximum absolute atomic E-state index is 11.1. The third-order valence-electron chi connectivity index (χ3n) is 3.57. The minimum Gasteiger partial charge on any atom is -0.481 e. The number of rotatable bonds is 6. The zero-order valence-corrected chi connectivity index (χ0v) is 11.6. The van der Waals surface area contributed by atoms with E-state index in [0.29, 0.717) is 6.04 Å². The Kier molecular flexibility index (Phi) is 4.43. The van der Waals surface area contributed by atoms with Crippen LogP contribution in [0.25, 0.3) is 0 Å². The lowest BCUT2D eigenvalue weighted by Crippen LogP contribution is -2.31. The van der Waals surface area contributed by atoms with Gasteiger partial charge in [0, 0.05) is 6.04 Å². The van der Waals surface area contributed by atoms with Gasteiger partial charge in [-0.2, -0.15) is 0 Å². The van der Waals surface area contributed by atoms with Gasteiger partial charge < -0.3 is 15.8 Å². The standard InChI is InChI=1S/C15H22N2O2/c1-3-9-17-13-8-7-12-11(13)5-4-6-14(12)19-10(2)15(16)18/h4-6,10,13,17H,3,7-9H2,1-2H3,(H2,16,18). The molecule has 104 valence electrons. The fraction of sp³-hybridized carbons (Fsp3) is 0.533. The average molecular weight is 262 g/mol. The van der Waals surface area contributed by atoms with E-state index in [1.165, 1.54) is 11.1 Å². The maximum Gasteiger partial charge on any atom is 0.258 e. The molecule has 0 heterocycles. The summed E-state index contributed by atoms with van der Waals surface area (Å²) in [5.41, 5.74) is 7.75. The Labute approximate surface area is 114 Å². The fourth-order valence-electron chi connectivity index (χ4n) is 2.51. The molecule has 19 heavy (non-hydrogen) atoms. The molecule has 0 saturated carbocycles. The second-order valence-electron chi connectivity index (χ2n) is 5.03. The second kappa shape index (κ2) is 6.06. The van der Waals surface area contributed by atoms with Gasteiger partial charge in [-0.1, -0.05) is 19.1 Å². The molecule has 4 nitrogen and oxygen atoms in total. The number of hydrogen-bond donors (Lipinski definition) is 2. The molecule has 4 heteroatoms. The van der Waals surface area contributed by atoms with Crippen LogP contribution in [0.2, 0.25) is 0 Å². The van der Waals surface area contributed by atoms with Crippen LogP contribution in [-0.2, 0) is 11.2 Å². The van der Waals surface area contributed by atoms with Gasteiger partial charge in [0.05, 0.1) is 0 Å². The van der Waals surface area contributed by atoms with E-state index in [0.717, 1.165) is 31.6 Å². The van der Waals surface area contributed by atoms with Crippen LogP contribution in [0.5, 0.6) is 5.75 Å². The predicted octanol–water partition coefficient (Wildman–Crippen LogP) is 1.93. The first-order valence-corrected chi connectivity index (χ1v) is 6.94. The number of nitrogens with one attached hydrogen (secondary N) is 1. The molecule has 2 rings (SSSR count). The zero-order valence-electron chi connectivity index (χ0n) is 11.6.